The molecule has 0 radical (unpaired) electrons. The van der Waals surface area contributed by atoms with Crippen molar-refractivity contribution in [2.75, 3.05) is 7.05 Å². The van der Waals surface area contributed by atoms with Gasteiger partial charge in [-0.3, -0.25) is 4.98 Å². The fraction of sp³-hybridized carbons (Fsp3) is 0.389. The Morgan fingerprint density at radius 2 is 1.86 bits per heavy atom. The lowest BCUT2D eigenvalue weighted by Gasteiger charge is -2.13. The van der Waals surface area contributed by atoms with Crippen molar-refractivity contribution in [2.45, 2.75) is 39.7 Å². The number of ether oxygens (including phenoxy) is 1. The van der Waals surface area contributed by atoms with Crippen LogP contribution in [0.3, 0.4) is 0 Å². The summed E-state index contributed by atoms with van der Waals surface area (Å²) in [5, 5.41) is 3.18. The highest BCUT2D eigenvalue weighted by Gasteiger charge is 2.08. The van der Waals surface area contributed by atoms with Crippen LogP contribution in [0, 0.1) is 6.92 Å². The number of aromatic nitrogens is 1. The third kappa shape index (κ3) is 3.82. The molecule has 1 unspecified atom stereocenters. The summed E-state index contributed by atoms with van der Waals surface area (Å²) in [6.45, 7) is 8.51. The van der Waals surface area contributed by atoms with E-state index in [-0.39, 0.29) is 6.04 Å². The molecular formula is C18H24N2O. The van der Waals surface area contributed by atoms with Gasteiger partial charge < -0.3 is 10.1 Å². The molecule has 0 bridgehead atoms. The number of pyridine rings is 1. The highest BCUT2D eigenvalue weighted by Crippen LogP contribution is 2.28. The monoisotopic (exact) mass is 284 g/mol. The standard InChI is InChI=1S/C18H24N2O/c1-12(2)15-7-6-13(3)18(10-15)21-16-8-9-17(20-11-16)14(4)19-5/h6-12,14,19H,1-5H3. The number of nitrogens with zero attached hydrogens (tertiary/aromatic N) is 1. The third-order valence-electron chi connectivity index (χ3n) is 3.74. The number of hydrogen-bond acceptors (Lipinski definition) is 3. The molecule has 1 heterocycles. The van der Waals surface area contributed by atoms with E-state index >= 15 is 0 Å². The van der Waals surface area contributed by atoms with Crippen LogP contribution >= 0.6 is 0 Å². The number of benzene rings is 1. The van der Waals surface area contributed by atoms with Crippen LogP contribution in [0.5, 0.6) is 11.5 Å². The zero-order valence-corrected chi connectivity index (χ0v) is 13.5. The molecule has 0 amide bonds. The first-order chi connectivity index (χ1) is 10.0. The molecule has 1 N–H and O–H groups in total. The van der Waals surface area contributed by atoms with Gasteiger partial charge in [0.15, 0.2) is 0 Å². The van der Waals surface area contributed by atoms with Crippen molar-refractivity contribution in [1.29, 1.82) is 0 Å². The van der Waals surface area contributed by atoms with Crippen LogP contribution in [0.25, 0.3) is 0 Å². The molecule has 3 heteroatoms. The summed E-state index contributed by atoms with van der Waals surface area (Å²) in [5.74, 6) is 2.16. The van der Waals surface area contributed by atoms with Gasteiger partial charge in [-0.1, -0.05) is 26.0 Å². The maximum atomic E-state index is 5.99. The van der Waals surface area contributed by atoms with Crippen LogP contribution in [0.1, 0.15) is 49.6 Å². The molecule has 0 aliphatic heterocycles. The van der Waals surface area contributed by atoms with Gasteiger partial charge in [0, 0.05) is 6.04 Å². The molecule has 112 valence electrons. The van der Waals surface area contributed by atoms with Crippen LogP contribution < -0.4 is 10.1 Å². The molecule has 1 aromatic heterocycles. The molecule has 2 rings (SSSR count). The summed E-state index contributed by atoms with van der Waals surface area (Å²) in [7, 11) is 1.93. The van der Waals surface area contributed by atoms with E-state index in [4.69, 9.17) is 4.74 Å². The van der Waals surface area contributed by atoms with Gasteiger partial charge in [-0.25, -0.2) is 0 Å². The van der Waals surface area contributed by atoms with Gasteiger partial charge in [-0.15, -0.1) is 0 Å². The van der Waals surface area contributed by atoms with Crippen LogP contribution in [-0.2, 0) is 0 Å². The Hall–Kier alpha value is -1.87. The molecule has 0 aliphatic rings. The molecule has 3 nitrogen and oxygen atoms in total. The summed E-state index contributed by atoms with van der Waals surface area (Å²) in [6.07, 6.45) is 1.78. The lowest BCUT2D eigenvalue weighted by atomic mass is 10.0. The number of nitrogens with one attached hydrogen (secondary N) is 1. The second-order valence-electron chi connectivity index (χ2n) is 5.71. The Balaban J connectivity index is 2.20. The second-order valence-corrected chi connectivity index (χ2v) is 5.71. The topological polar surface area (TPSA) is 34.1 Å². The highest BCUT2D eigenvalue weighted by molar-refractivity contribution is 5.40. The lowest BCUT2D eigenvalue weighted by molar-refractivity contribution is 0.474. The maximum absolute atomic E-state index is 5.99. The van der Waals surface area contributed by atoms with Crippen molar-refractivity contribution in [3.8, 4) is 11.5 Å². The lowest BCUT2D eigenvalue weighted by Crippen LogP contribution is -2.13. The van der Waals surface area contributed by atoms with Crippen molar-refractivity contribution < 1.29 is 4.74 Å². The van der Waals surface area contributed by atoms with Gasteiger partial charge in [-0.2, -0.15) is 0 Å². The van der Waals surface area contributed by atoms with E-state index < -0.39 is 0 Å². The predicted molar refractivity (Wildman–Crippen MR) is 87.1 cm³/mol. The zero-order chi connectivity index (χ0) is 15.4. The van der Waals surface area contributed by atoms with E-state index in [9.17, 15) is 0 Å². The molecule has 0 spiro atoms. The zero-order valence-electron chi connectivity index (χ0n) is 13.5. The minimum absolute atomic E-state index is 0.241. The van der Waals surface area contributed by atoms with Crippen LogP contribution in [-0.4, -0.2) is 12.0 Å². The van der Waals surface area contributed by atoms with Crippen LogP contribution in [0.2, 0.25) is 0 Å². The Morgan fingerprint density at radius 3 is 2.43 bits per heavy atom. The third-order valence-corrected chi connectivity index (χ3v) is 3.74. The van der Waals surface area contributed by atoms with E-state index in [2.05, 4.69) is 56.2 Å². The molecule has 0 saturated heterocycles. The van der Waals surface area contributed by atoms with Gasteiger partial charge in [-0.05, 0) is 56.1 Å². The summed E-state index contributed by atoms with van der Waals surface area (Å²) in [6, 6.07) is 10.6. The molecule has 1 atom stereocenters. The van der Waals surface area contributed by atoms with E-state index in [1.54, 1.807) is 6.20 Å². The predicted octanol–water partition coefficient (Wildman–Crippen LogP) is 4.59. The quantitative estimate of drug-likeness (QED) is 0.872. The van der Waals surface area contributed by atoms with E-state index in [1.807, 2.05) is 19.2 Å². The molecule has 0 fully saturated rings. The smallest absolute Gasteiger partial charge is 0.145 e. The number of aryl methyl sites for hydroxylation is 1. The van der Waals surface area contributed by atoms with Gasteiger partial charge in [0.2, 0.25) is 0 Å². The molecule has 1 aromatic carbocycles. The largest absolute Gasteiger partial charge is 0.455 e. The normalized spacial score (nSPS) is 12.5. The summed E-state index contributed by atoms with van der Waals surface area (Å²) >= 11 is 0. The SMILES string of the molecule is CNC(C)c1ccc(Oc2cc(C(C)C)ccc2C)cn1. The van der Waals surface area contributed by atoms with Gasteiger partial charge in [0.05, 0.1) is 11.9 Å². The first-order valence-corrected chi connectivity index (χ1v) is 7.43. The average Bonchev–Trinajstić information content (AvgIpc) is 2.49. The second kappa shape index (κ2) is 6.72. The Labute approximate surface area is 127 Å². The van der Waals surface area contributed by atoms with Crippen molar-refractivity contribution in [3.63, 3.8) is 0 Å². The fourth-order valence-corrected chi connectivity index (χ4v) is 2.07. The number of rotatable bonds is 5. The van der Waals surface area contributed by atoms with Crippen molar-refractivity contribution in [3.05, 3.63) is 53.3 Å². The van der Waals surface area contributed by atoms with E-state index in [0.717, 1.165) is 22.8 Å². The minimum atomic E-state index is 0.241. The highest BCUT2D eigenvalue weighted by atomic mass is 16.5. The van der Waals surface area contributed by atoms with Gasteiger partial charge in [0.1, 0.15) is 11.5 Å². The maximum Gasteiger partial charge on any atom is 0.145 e. The van der Waals surface area contributed by atoms with Gasteiger partial charge in [0.25, 0.3) is 0 Å². The van der Waals surface area contributed by atoms with Crippen LogP contribution in [0.4, 0.5) is 0 Å². The van der Waals surface area contributed by atoms with Crippen molar-refractivity contribution in [1.82, 2.24) is 10.3 Å². The molecule has 2 aromatic rings. The minimum Gasteiger partial charge on any atom is -0.455 e. The summed E-state index contributed by atoms with van der Waals surface area (Å²) < 4.78 is 5.99. The van der Waals surface area contributed by atoms with E-state index in [1.165, 1.54) is 5.56 Å². The molecular weight excluding hydrogens is 260 g/mol. The van der Waals surface area contributed by atoms with Gasteiger partial charge >= 0.3 is 0 Å². The number of hydrogen-bond donors (Lipinski definition) is 1. The first-order valence-electron chi connectivity index (χ1n) is 7.43. The van der Waals surface area contributed by atoms with Crippen molar-refractivity contribution in [2.24, 2.45) is 0 Å². The Bertz CT molecular complexity index is 591. The Kier molecular flexibility index (Phi) is 4.97. The fourth-order valence-electron chi connectivity index (χ4n) is 2.07. The summed E-state index contributed by atoms with van der Waals surface area (Å²) in [4.78, 5) is 4.45. The Morgan fingerprint density at radius 1 is 1.10 bits per heavy atom. The molecule has 21 heavy (non-hydrogen) atoms. The molecule has 0 saturated carbocycles. The van der Waals surface area contributed by atoms with Crippen LogP contribution in [0.15, 0.2) is 36.5 Å². The average molecular weight is 284 g/mol. The van der Waals surface area contributed by atoms with Crippen molar-refractivity contribution >= 4 is 0 Å². The molecule has 0 aliphatic carbocycles. The first kappa shape index (κ1) is 15.5. The van der Waals surface area contributed by atoms with E-state index in [0.29, 0.717) is 5.92 Å². The summed E-state index contributed by atoms with van der Waals surface area (Å²) in [5.41, 5.74) is 3.42.